The maximum atomic E-state index is 5.75. The summed E-state index contributed by atoms with van der Waals surface area (Å²) in [6.07, 6.45) is 5.57. The second-order valence-electron chi connectivity index (χ2n) is 7.55. The first-order chi connectivity index (χ1) is 9.44. The summed E-state index contributed by atoms with van der Waals surface area (Å²) in [6.45, 7) is 9.06. The van der Waals surface area contributed by atoms with Gasteiger partial charge in [0.15, 0.2) is 0 Å². The smallest absolute Gasteiger partial charge is 0.195 e. The van der Waals surface area contributed by atoms with Crippen LogP contribution in [0.4, 0.5) is 0 Å². The van der Waals surface area contributed by atoms with Crippen molar-refractivity contribution in [3.63, 3.8) is 0 Å². The van der Waals surface area contributed by atoms with Crippen molar-refractivity contribution in [1.29, 1.82) is 0 Å². The molecule has 3 rings (SSSR count). The lowest BCUT2D eigenvalue weighted by molar-refractivity contribution is -0.665. The summed E-state index contributed by atoms with van der Waals surface area (Å²) in [6, 6.07) is 0. The van der Waals surface area contributed by atoms with Gasteiger partial charge in [-0.25, -0.2) is 0 Å². The SMILES string of the molecule is CC1CCC2(CC1C)OOC1(CCC(C)C(C)C1)OO2. The maximum absolute atomic E-state index is 5.75. The van der Waals surface area contributed by atoms with Crippen molar-refractivity contribution in [2.45, 2.75) is 77.8 Å². The van der Waals surface area contributed by atoms with E-state index in [4.69, 9.17) is 19.6 Å². The Balaban J connectivity index is 1.62. The van der Waals surface area contributed by atoms with E-state index in [1.54, 1.807) is 0 Å². The topological polar surface area (TPSA) is 36.9 Å². The number of hydrogen-bond acceptors (Lipinski definition) is 4. The standard InChI is InChI=1S/C16H28O4/c1-11-5-7-15(9-13(11)3)17-19-16(20-18-15)8-6-12(2)14(4)10-16/h11-14H,5-10H2,1-4H3. The van der Waals surface area contributed by atoms with Gasteiger partial charge in [0.05, 0.1) is 0 Å². The van der Waals surface area contributed by atoms with Crippen molar-refractivity contribution < 1.29 is 19.6 Å². The molecule has 0 bridgehead atoms. The summed E-state index contributed by atoms with van der Waals surface area (Å²) in [7, 11) is 0. The molecule has 0 radical (unpaired) electrons. The molecule has 116 valence electrons. The molecular weight excluding hydrogens is 256 g/mol. The molecule has 0 N–H and O–H groups in total. The fourth-order valence-electron chi connectivity index (χ4n) is 3.69. The zero-order chi connectivity index (χ0) is 14.4. The second-order valence-corrected chi connectivity index (χ2v) is 7.55. The molecule has 2 saturated carbocycles. The van der Waals surface area contributed by atoms with Gasteiger partial charge >= 0.3 is 0 Å². The number of hydrogen-bond donors (Lipinski definition) is 0. The van der Waals surface area contributed by atoms with Crippen LogP contribution in [0.5, 0.6) is 0 Å². The predicted octanol–water partition coefficient (Wildman–Crippen LogP) is 4.20. The van der Waals surface area contributed by atoms with Crippen LogP contribution in [0.1, 0.15) is 66.2 Å². The summed E-state index contributed by atoms with van der Waals surface area (Å²) in [5.41, 5.74) is 0. The highest BCUT2D eigenvalue weighted by Crippen LogP contribution is 2.48. The molecule has 4 atom stereocenters. The quantitative estimate of drug-likeness (QED) is 0.625. The average Bonchev–Trinajstić information content (AvgIpc) is 2.43. The van der Waals surface area contributed by atoms with Crippen LogP contribution in [0.25, 0.3) is 0 Å². The van der Waals surface area contributed by atoms with E-state index in [2.05, 4.69) is 27.7 Å². The minimum Gasteiger partial charge on any atom is -0.195 e. The maximum Gasteiger partial charge on any atom is 0.234 e. The predicted molar refractivity (Wildman–Crippen MR) is 74.2 cm³/mol. The van der Waals surface area contributed by atoms with E-state index in [-0.39, 0.29) is 0 Å². The molecule has 4 nitrogen and oxygen atoms in total. The summed E-state index contributed by atoms with van der Waals surface area (Å²) >= 11 is 0. The average molecular weight is 284 g/mol. The highest BCUT2D eigenvalue weighted by Gasteiger charge is 2.53. The van der Waals surface area contributed by atoms with Crippen LogP contribution in [-0.2, 0) is 19.6 Å². The van der Waals surface area contributed by atoms with Crippen LogP contribution in [0.3, 0.4) is 0 Å². The Kier molecular flexibility index (Phi) is 3.87. The van der Waals surface area contributed by atoms with Crippen molar-refractivity contribution in [2.24, 2.45) is 23.7 Å². The van der Waals surface area contributed by atoms with Gasteiger partial charge in [0.1, 0.15) is 0 Å². The van der Waals surface area contributed by atoms with E-state index in [0.717, 1.165) is 38.5 Å². The Morgan fingerprint density at radius 3 is 1.25 bits per heavy atom. The molecule has 1 heterocycles. The Labute approximate surface area is 122 Å². The summed E-state index contributed by atoms with van der Waals surface area (Å²) in [5.74, 6) is 1.19. The van der Waals surface area contributed by atoms with Gasteiger partial charge in [0.2, 0.25) is 11.6 Å². The highest BCUT2D eigenvalue weighted by atomic mass is 17.4. The molecule has 4 heteroatoms. The van der Waals surface area contributed by atoms with Gasteiger partial charge in [-0.05, 0) is 36.5 Å². The van der Waals surface area contributed by atoms with Crippen molar-refractivity contribution in [1.82, 2.24) is 0 Å². The third-order valence-corrected chi connectivity index (χ3v) is 5.86. The normalized spacial score (nSPS) is 53.4. The fourth-order valence-corrected chi connectivity index (χ4v) is 3.69. The second kappa shape index (κ2) is 5.24. The van der Waals surface area contributed by atoms with Gasteiger partial charge in [0.25, 0.3) is 0 Å². The zero-order valence-corrected chi connectivity index (χ0v) is 13.2. The van der Waals surface area contributed by atoms with Gasteiger partial charge in [-0.3, -0.25) is 0 Å². The first kappa shape index (κ1) is 14.8. The van der Waals surface area contributed by atoms with E-state index in [0.29, 0.717) is 23.7 Å². The first-order valence-electron chi connectivity index (χ1n) is 8.17. The van der Waals surface area contributed by atoms with Gasteiger partial charge in [-0.15, -0.1) is 0 Å². The Bertz CT molecular complexity index is 314. The van der Waals surface area contributed by atoms with Crippen LogP contribution >= 0.6 is 0 Å². The zero-order valence-electron chi connectivity index (χ0n) is 13.2. The third-order valence-electron chi connectivity index (χ3n) is 5.86. The Morgan fingerprint density at radius 2 is 0.950 bits per heavy atom. The highest BCUT2D eigenvalue weighted by molar-refractivity contribution is 4.85. The monoisotopic (exact) mass is 284 g/mol. The van der Waals surface area contributed by atoms with E-state index in [9.17, 15) is 0 Å². The van der Waals surface area contributed by atoms with Crippen molar-refractivity contribution in [2.75, 3.05) is 0 Å². The van der Waals surface area contributed by atoms with Crippen molar-refractivity contribution >= 4 is 0 Å². The van der Waals surface area contributed by atoms with E-state index >= 15 is 0 Å². The first-order valence-corrected chi connectivity index (χ1v) is 8.17. The Hall–Kier alpha value is -0.160. The minimum absolute atomic E-state index is 0.565. The molecule has 0 amide bonds. The lowest BCUT2D eigenvalue weighted by atomic mass is 9.78. The lowest BCUT2D eigenvalue weighted by Gasteiger charge is -2.49. The van der Waals surface area contributed by atoms with Crippen LogP contribution in [0, 0.1) is 23.7 Å². The summed E-state index contributed by atoms with van der Waals surface area (Å²) < 4.78 is 0. The Morgan fingerprint density at radius 1 is 0.600 bits per heavy atom. The molecular formula is C16H28O4. The largest absolute Gasteiger partial charge is 0.234 e. The van der Waals surface area contributed by atoms with Gasteiger partial charge < -0.3 is 0 Å². The van der Waals surface area contributed by atoms with Crippen molar-refractivity contribution in [3.05, 3.63) is 0 Å². The molecule has 3 fully saturated rings. The molecule has 4 unspecified atom stereocenters. The summed E-state index contributed by atoms with van der Waals surface area (Å²) in [5, 5.41) is 0. The van der Waals surface area contributed by atoms with Crippen LogP contribution in [-0.4, -0.2) is 11.6 Å². The van der Waals surface area contributed by atoms with Crippen LogP contribution < -0.4 is 0 Å². The molecule has 0 aromatic heterocycles. The van der Waals surface area contributed by atoms with Gasteiger partial charge in [-0.2, -0.15) is 19.6 Å². The molecule has 0 aromatic rings. The summed E-state index contributed by atoms with van der Waals surface area (Å²) in [4.78, 5) is 23.0. The van der Waals surface area contributed by atoms with E-state index in [1.807, 2.05) is 0 Å². The van der Waals surface area contributed by atoms with E-state index in [1.165, 1.54) is 0 Å². The van der Waals surface area contributed by atoms with Crippen molar-refractivity contribution in [3.8, 4) is 0 Å². The molecule has 1 saturated heterocycles. The molecule has 2 spiro atoms. The molecule has 0 aromatic carbocycles. The molecule has 2 aliphatic carbocycles. The van der Waals surface area contributed by atoms with E-state index < -0.39 is 11.6 Å². The minimum atomic E-state index is -0.677. The molecule has 1 aliphatic heterocycles. The lowest BCUT2D eigenvalue weighted by Crippen LogP contribution is -2.55. The van der Waals surface area contributed by atoms with Crippen LogP contribution in [0.15, 0.2) is 0 Å². The molecule has 3 aliphatic rings. The van der Waals surface area contributed by atoms with Gasteiger partial charge in [-0.1, -0.05) is 27.7 Å². The number of rotatable bonds is 0. The molecule has 20 heavy (non-hydrogen) atoms. The van der Waals surface area contributed by atoms with Gasteiger partial charge in [0, 0.05) is 25.7 Å². The fraction of sp³-hybridized carbons (Fsp3) is 1.00. The third kappa shape index (κ3) is 2.63. The van der Waals surface area contributed by atoms with Crippen LogP contribution in [0.2, 0.25) is 0 Å².